The van der Waals surface area contributed by atoms with E-state index in [1.54, 1.807) is 6.21 Å². The molecule has 35 heavy (non-hydrogen) atoms. The number of hydrogen-bond donors (Lipinski definition) is 1. The molecule has 0 amide bonds. The number of aromatic nitrogens is 3. The summed E-state index contributed by atoms with van der Waals surface area (Å²) in [4.78, 5) is 4.21. The molecule has 0 aliphatic rings. The minimum Gasteiger partial charge on any atom is -0.491 e. The van der Waals surface area contributed by atoms with Gasteiger partial charge in [0.2, 0.25) is 11.6 Å². The van der Waals surface area contributed by atoms with E-state index in [1.165, 1.54) is 0 Å². The Hall–Kier alpha value is -4.38. The fraction of sp³-hybridized carbons (Fsp3) is 0.259. The number of oxazole rings is 1. The first-order valence-corrected chi connectivity index (χ1v) is 11.5. The Morgan fingerprint density at radius 2 is 1.91 bits per heavy atom. The number of nitriles is 1. The van der Waals surface area contributed by atoms with Gasteiger partial charge in [-0.05, 0) is 56.7 Å². The van der Waals surface area contributed by atoms with Crippen LogP contribution in [0.2, 0.25) is 0 Å². The number of para-hydroxylation sites is 1. The van der Waals surface area contributed by atoms with Crippen LogP contribution in [0.4, 0.5) is 5.88 Å². The summed E-state index contributed by atoms with van der Waals surface area (Å²) < 4.78 is 13.4. The van der Waals surface area contributed by atoms with Crippen molar-refractivity contribution in [2.45, 2.75) is 46.6 Å². The highest BCUT2D eigenvalue weighted by molar-refractivity contribution is 5.89. The van der Waals surface area contributed by atoms with E-state index in [4.69, 9.17) is 14.3 Å². The molecule has 4 rings (SSSR count). The summed E-state index contributed by atoms with van der Waals surface area (Å²) in [5, 5.41) is 18.5. The molecule has 0 radical (unpaired) electrons. The van der Waals surface area contributed by atoms with Gasteiger partial charge in [0, 0.05) is 23.2 Å². The quantitative estimate of drug-likeness (QED) is 0.249. The highest BCUT2D eigenvalue weighted by Crippen LogP contribution is 2.29. The summed E-state index contributed by atoms with van der Waals surface area (Å²) in [6.45, 7) is 9.93. The first-order chi connectivity index (χ1) is 16.9. The van der Waals surface area contributed by atoms with E-state index in [1.807, 2.05) is 94.0 Å². The van der Waals surface area contributed by atoms with E-state index in [0.29, 0.717) is 5.89 Å². The number of aryl methyl sites for hydroxylation is 1. The SMILES string of the molecule is Cc1cc(-c2nn(-c3ccccc3)cc2C=NNc2oc(C(C)C)nc2C#N)ccc1OC(C)C. The lowest BCUT2D eigenvalue weighted by molar-refractivity contribution is 0.241. The molecule has 2 aromatic carbocycles. The highest BCUT2D eigenvalue weighted by atomic mass is 16.5. The molecular formula is C27H28N6O2. The molecule has 1 N–H and O–H groups in total. The van der Waals surface area contributed by atoms with Crippen LogP contribution in [-0.2, 0) is 0 Å². The molecule has 0 atom stereocenters. The van der Waals surface area contributed by atoms with Gasteiger partial charge < -0.3 is 9.15 Å². The minimum absolute atomic E-state index is 0.0585. The fourth-order valence-corrected chi connectivity index (χ4v) is 3.50. The molecule has 178 valence electrons. The van der Waals surface area contributed by atoms with Crippen molar-refractivity contribution in [2.24, 2.45) is 5.10 Å². The maximum absolute atomic E-state index is 9.37. The van der Waals surface area contributed by atoms with Crippen LogP contribution in [0.3, 0.4) is 0 Å². The van der Waals surface area contributed by atoms with Gasteiger partial charge in [0.05, 0.1) is 18.0 Å². The molecule has 0 saturated carbocycles. The molecule has 8 heteroatoms. The van der Waals surface area contributed by atoms with Crippen molar-refractivity contribution < 1.29 is 9.15 Å². The first kappa shape index (κ1) is 23.8. The van der Waals surface area contributed by atoms with Gasteiger partial charge >= 0.3 is 0 Å². The number of nitrogens with zero attached hydrogens (tertiary/aromatic N) is 5. The van der Waals surface area contributed by atoms with E-state index < -0.39 is 0 Å². The molecule has 2 heterocycles. The van der Waals surface area contributed by atoms with Crippen LogP contribution in [-0.4, -0.2) is 27.1 Å². The summed E-state index contributed by atoms with van der Waals surface area (Å²) in [7, 11) is 0. The average Bonchev–Trinajstić information content (AvgIpc) is 3.45. The lowest BCUT2D eigenvalue weighted by Crippen LogP contribution is -2.06. The summed E-state index contributed by atoms with van der Waals surface area (Å²) in [6.07, 6.45) is 3.67. The van der Waals surface area contributed by atoms with Crippen LogP contribution in [0.5, 0.6) is 5.75 Å². The third-order valence-electron chi connectivity index (χ3n) is 5.19. The van der Waals surface area contributed by atoms with Crippen molar-refractivity contribution in [3.05, 3.63) is 77.4 Å². The second-order valence-corrected chi connectivity index (χ2v) is 8.73. The van der Waals surface area contributed by atoms with E-state index in [9.17, 15) is 5.26 Å². The lowest BCUT2D eigenvalue weighted by Gasteiger charge is -2.13. The van der Waals surface area contributed by atoms with Gasteiger partial charge in [0.15, 0.2) is 0 Å². The Kier molecular flexibility index (Phi) is 6.97. The van der Waals surface area contributed by atoms with Crippen molar-refractivity contribution in [2.75, 3.05) is 5.43 Å². The van der Waals surface area contributed by atoms with Gasteiger partial charge in [0.1, 0.15) is 17.5 Å². The smallest absolute Gasteiger partial charge is 0.252 e. The lowest BCUT2D eigenvalue weighted by atomic mass is 10.1. The highest BCUT2D eigenvalue weighted by Gasteiger charge is 2.16. The Labute approximate surface area is 204 Å². The Morgan fingerprint density at radius 1 is 1.14 bits per heavy atom. The molecule has 0 fully saturated rings. The maximum atomic E-state index is 9.37. The van der Waals surface area contributed by atoms with Crippen LogP contribution >= 0.6 is 0 Å². The van der Waals surface area contributed by atoms with Crippen molar-refractivity contribution in [1.29, 1.82) is 5.26 Å². The van der Waals surface area contributed by atoms with Crippen molar-refractivity contribution in [3.63, 3.8) is 0 Å². The number of anilines is 1. The van der Waals surface area contributed by atoms with Crippen molar-refractivity contribution in [1.82, 2.24) is 14.8 Å². The van der Waals surface area contributed by atoms with Crippen LogP contribution in [0.1, 0.15) is 56.3 Å². The Bertz CT molecular complexity index is 1380. The molecule has 4 aromatic rings. The minimum atomic E-state index is 0.0585. The summed E-state index contributed by atoms with van der Waals surface area (Å²) in [5.41, 5.74) is 7.44. The van der Waals surface area contributed by atoms with Crippen molar-refractivity contribution in [3.8, 4) is 28.8 Å². The Morgan fingerprint density at radius 3 is 2.57 bits per heavy atom. The molecule has 0 bridgehead atoms. The fourth-order valence-electron chi connectivity index (χ4n) is 3.50. The van der Waals surface area contributed by atoms with Crippen molar-refractivity contribution >= 4 is 12.1 Å². The second-order valence-electron chi connectivity index (χ2n) is 8.73. The molecule has 2 aromatic heterocycles. The van der Waals surface area contributed by atoms with Crippen LogP contribution in [0, 0.1) is 18.3 Å². The summed E-state index contributed by atoms with van der Waals surface area (Å²) >= 11 is 0. The van der Waals surface area contributed by atoms with Gasteiger partial charge in [-0.2, -0.15) is 15.5 Å². The van der Waals surface area contributed by atoms with Gasteiger partial charge in [0.25, 0.3) is 5.88 Å². The second kappa shape index (κ2) is 10.3. The molecule has 0 aliphatic carbocycles. The molecule has 0 unspecified atom stereocenters. The molecule has 0 saturated heterocycles. The monoisotopic (exact) mass is 468 g/mol. The number of hydrazone groups is 1. The Balaban J connectivity index is 1.69. The number of ether oxygens (including phenoxy) is 1. The maximum Gasteiger partial charge on any atom is 0.252 e. The zero-order chi connectivity index (χ0) is 24.9. The van der Waals surface area contributed by atoms with E-state index in [0.717, 1.165) is 33.8 Å². The predicted molar refractivity (Wildman–Crippen MR) is 136 cm³/mol. The summed E-state index contributed by atoms with van der Waals surface area (Å²) in [5.74, 6) is 1.60. The molecule has 0 spiro atoms. The van der Waals surface area contributed by atoms with Gasteiger partial charge in [-0.15, -0.1) is 0 Å². The zero-order valence-electron chi connectivity index (χ0n) is 20.5. The summed E-state index contributed by atoms with van der Waals surface area (Å²) in [6, 6.07) is 17.9. The predicted octanol–water partition coefficient (Wildman–Crippen LogP) is 6.06. The molecule has 8 nitrogen and oxygen atoms in total. The van der Waals surface area contributed by atoms with Gasteiger partial charge in [-0.25, -0.2) is 15.1 Å². The average molecular weight is 469 g/mol. The number of nitrogens with one attached hydrogen (secondary N) is 1. The topological polar surface area (TPSA) is 101 Å². The number of rotatable bonds is 8. The third kappa shape index (κ3) is 5.41. The first-order valence-electron chi connectivity index (χ1n) is 11.5. The largest absolute Gasteiger partial charge is 0.491 e. The van der Waals surface area contributed by atoms with Crippen LogP contribution in [0.15, 0.2) is 64.2 Å². The zero-order valence-corrected chi connectivity index (χ0v) is 20.5. The molecular weight excluding hydrogens is 440 g/mol. The number of hydrogen-bond acceptors (Lipinski definition) is 7. The van der Waals surface area contributed by atoms with Gasteiger partial charge in [-0.1, -0.05) is 32.0 Å². The standard InChI is InChI=1S/C27H28N6O2/c1-17(2)26-30-23(14-28)27(35-26)31-29-15-21-16-33(22-9-7-6-8-10-22)32-25(21)20-11-12-24(19(5)13-20)34-18(3)4/h6-13,15-18,31H,1-5H3. The number of benzene rings is 2. The van der Waals surface area contributed by atoms with E-state index in [-0.39, 0.29) is 23.6 Å². The third-order valence-corrected chi connectivity index (χ3v) is 5.19. The van der Waals surface area contributed by atoms with Gasteiger partial charge in [-0.3, -0.25) is 0 Å². The molecule has 0 aliphatic heterocycles. The van der Waals surface area contributed by atoms with E-state index >= 15 is 0 Å². The van der Waals surface area contributed by atoms with Crippen LogP contribution < -0.4 is 10.2 Å². The van der Waals surface area contributed by atoms with E-state index in [2.05, 4.69) is 21.6 Å². The normalized spacial score (nSPS) is 11.4. The van der Waals surface area contributed by atoms with Crippen LogP contribution in [0.25, 0.3) is 16.9 Å².